The lowest BCUT2D eigenvalue weighted by molar-refractivity contribution is -0.0492. The van der Waals surface area contributed by atoms with E-state index in [0.29, 0.717) is 0 Å². The van der Waals surface area contributed by atoms with Crippen molar-refractivity contribution in [3.05, 3.63) is 0 Å². The summed E-state index contributed by atoms with van der Waals surface area (Å²) in [6.07, 6.45) is -0.182. The maximum Gasteiger partial charge on any atom is 0.512 e. The summed E-state index contributed by atoms with van der Waals surface area (Å²) in [6.45, 7) is 2.24. The first-order chi connectivity index (χ1) is 7.33. The van der Waals surface area contributed by atoms with Crippen molar-refractivity contribution in [2.75, 3.05) is 0 Å². The maximum absolute atomic E-state index is 12.1. The molecule has 0 aromatic carbocycles. The molecule has 0 rings (SSSR count). The van der Waals surface area contributed by atoms with Crippen molar-refractivity contribution < 1.29 is 34.8 Å². The molecule has 0 N–H and O–H groups in total. The Kier molecular flexibility index (Phi) is 5.18. The summed E-state index contributed by atoms with van der Waals surface area (Å²) in [5.41, 5.74) is -10.9. The van der Waals surface area contributed by atoms with Crippen molar-refractivity contribution in [1.29, 1.82) is 0 Å². The van der Waals surface area contributed by atoms with E-state index in [2.05, 4.69) is 0 Å². The van der Waals surface area contributed by atoms with Crippen molar-refractivity contribution in [3.63, 3.8) is 0 Å². The zero-order chi connectivity index (χ0) is 14.1. The minimum absolute atomic E-state index is 0.182. The molecule has 0 bridgehead atoms. The van der Waals surface area contributed by atoms with Gasteiger partial charge in [-0.05, 0) is 13.3 Å². The first kappa shape index (κ1) is 16.8. The normalized spacial score (nSPS) is 16.3. The molecule has 0 fully saturated rings. The summed E-state index contributed by atoms with van der Waals surface area (Å²) in [4.78, 5) is 0. The number of halogens is 6. The zero-order valence-corrected chi connectivity index (χ0v) is 10.3. The van der Waals surface area contributed by atoms with E-state index in [0.717, 1.165) is 6.92 Å². The van der Waals surface area contributed by atoms with Gasteiger partial charge in [-0.25, -0.2) is 8.42 Å². The minimum Gasteiger partial charge on any atom is -0.202 e. The first-order valence-electron chi connectivity index (χ1n) is 4.19. The Morgan fingerprint density at radius 3 is 1.82 bits per heavy atom. The van der Waals surface area contributed by atoms with Crippen LogP contribution in [0.1, 0.15) is 20.3 Å². The molecule has 0 aromatic rings. The number of hydrogen-bond acceptors (Lipinski definition) is 3. The maximum atomic E-state index is 12.1. The zero-order valence-electron chi connectivity index (χ0n) is 8.63. The van der Waals surface area contributed by atoms with Gasteiger partial charge in [0, 0.05) is 18.0 Å². The van der Waals surface area contributed by atoms with Gasteiger partial charge in [0.05, 0.1) is 0 Å². The standard InChI is InChI=1S/C6H9F6NO2S2/c1-3-4(2)13(16-5(7,8)9)17(14,15)6(10,11)12/h4H,3H2,1-2H3. The molecule has 0 amide bonds. The van der Waals surface area contributed by atoms with Crippen LogP contribution in [0.25, 0.3) is 0 Å². The van der Waals surface area contributed by atoms with E-state index in [1.807, 2.05) is 0 Å². The van der Waals surface area contributed by atoms with Crippen LogP contribution in [0.4, 0.5) is 26.3 Å². The Labute approximate surface area is 98.3 Å². The molecular weight excluding hydrogens is 296 g/mol. The third-order valence-corrected chi connectivity index (χ3v) is 4.65. The highest BCUT2D eigenvalue weighted by Crippen LogP contribution is 2.41. The molecule has 0 aliphatic heterocycles. The van der Waals surface area contributed by atoms with E-state index < -0.39 is 42.7 Å². The molecule has 0 radical (unpaired) electrons. The van der Waals surface area contributed by atoms with E-state index in [4.69, 9.17) is 0 Å². The Balaban J connectivity index is 5.36. The molecule has 0 saturated heterocycles. The van der Waals surface area contributed by atoms with Crippen LogP contribution in [-0.2, 0) is 10.0 Å². The van der Waals surface area contributed by atoms with Gasteiger partial charge in [-0.15, -0.1) is 3.71 Å². The van der Waals surface area contributed by atoms with E-state index in [1.54, 1.807) is 0 Å². The Hall–Kier alpha value is -0.160. The molecule has 0 aliphatic rings. The summed E-state index contributed by atoms with van der Waals surface area (Å²) in [5, 5.41) is 0. The number of sulfonamides is 1. The van der Waals surface area contributed by atoms with Crippen LogP contribution in [0.2, 0.25) is 0 Å². The third kappa shape index (κ3) is 4.54. The second kappa shape index (κ2) is 5.22. The van der Waals surface area contributed by atoms with Crippen LogP contribution in [0, 0.1) is 0 Å². The molecule has 1 unspecified atom stereocenters. The van der Waals surface area contributed by atoms with Crippen molar-refractivity contribution in [2.24, 2.45) is 0 Å². The fourth-order valence-electron chi connectivity index (χ4n) is 0.729. The molecule has 0 aliphatic carbocycles. The van der Waals surface area contributed by atoms with Gasteiger partial charge >= 0.3 is 21.0 Å². The second-order valence-corrected chi connectivity index (χ2v) is 6.08. The van der Waals surface area contributed by atoms with Crippen LogP contribution in [0.5, 0.6) is 0 Å². The van der Waals surface area contributed by atoms with Gasteiger partial charge in [0.1, 0.15) is 0 Å². The SMILES string of the molecule is CCC(C)N(SC(F)(F)F)S(=O)(=O)C(F)(F)F. The largest absolute Gasteiger partial charge is 0.512 e. The summed E-state index contributed by atoms with van der Waals surface area (Å²) < 4.78 is 93.6. The summed E-state index contributed by atoms with van der Waals surface area (Å²) in [7, 11) is -6.01. The number of alkyl halides is 6. The van der Waals surface area contributed by atoms with Gasteiger partial charge in [0.25, 0.3) is 0 Å². The molecule has 0 spiro atoms. The van der Waals surface area contributed by atoms with E-state index in [-0.39, 0.29) is 6.42 Å². The molecule has 11 heteroatoms. The Morgan fingerprint density at radius 2 is 1.59 bits per heavy atom. The highest BCUT2D eigenvalue weighted by molar-refractivity contribution is 8.09. The Morgan fingerprint density at radius 1 is 1.18 bits per heavy atom. The Bertz CT molecular complexity index is 348. The molecule has 0 aromatic heterocycles. The fourth-order valence-corrected chi connectivity index (χ4v) is 2.99. The second-order valence-electron chi connectivity index (χ2n) is 3.00. The van der Waals surface area contributed by atoms with Gasteiger partial charge in [-0.1, -0.05) is 6.92 Å². The van der Waals surface area contributed by atoms with Gasteiger partial charge < -0.3 is 0 Å². The average Bonchev–Trinajstić information content (AvgIpc) is 2.09. The van der Waals surface area contributed by atoms with Gasteiger partial charge in [-0.2, -0.15) is 26.3 Å². The van der Waals surface area contributed by atoms with Crippen LogP contribution in [0.15, 0.2) is 0 Å². The van der Waals surface area contributed by atoms with Crippen LogP contribution < -0.4 is 0 Å². The monoisotopic (exact) mass is 305 g/mol. The third-order valence-electron chi connectivity index (χ3n) is 1.67. The predicted molar refractivity (Wildman–Crippen MR) is 50.2 cm³/mol. The molecule has 0 saturated carbocycles. The van der Waals surface area contributed by atoms with Crippen molar-refractivity contribution in [2.45, 2.75) is 37.3 Å². The summed E-state index contributed by atoms with van der Waals surface area (Å²) >= 11 is -1.31. The molecule has 104 valence electrons. The van der Waals surface area contributed by atoms with E-state index >= 15 is 0 Å². The number of hydrogen-bond donors (Lipinski definition) is 0. The molecule has 17 heavy (non-hydrogen) atoms. The highest BCUT2D eigenvalue weighted by Gasteiger charge is 2.54. The average molecular weight is 305 g/mol. The van der Waals surface area contributed by atoms with Gasteiger partial charge in [0.15, 0.2) is 0 Å². The smallest absolute Gasteiger partial charge is 0.202 e. The number of nitrogens with zero attached hydrogens (tertiary/aromatic N) is 1. The van der Waals surface area contributed by atoms with Crippen LogP contribution in [-0.4, -0.2) is 29.2 Å². The lowest BCUT2D eigenvalue weighted by atomic mass is 10.3. The molecule has 1 atom stereocenters. The molecular formula is C6H9F6NO2S2. The quantitative estimate of drug-likeness (QED) is 0.591. The lowest BCUT2D eigenvalue weighted by Crippen LogP contribution is -2.42. The fraction of sp³-hybridized carbons (Fsp3) is 1.00. The van der Waals surface area contributed by atoms with Gasteiger partial charge in [-0.3, -0.25) is 0 Å². The summed E-state index contributed by atoms with van der Waals surface area (Å²) in [6, 6.07) is -1.42. The van der Waals surface area contributed by atoms with Crippen LogP contribution in [0.3, 0.4) is 0 Å². The first-order valence-corrected chi connectivity index (χ1v) is 6.40. The predicted octanol–water partition coefficient (Wildman–Crippen LogP) is 3.10. The number of rotatable bonds is 4. The topological polar surface area (TPSA) is 37.4 Å². The molecule has 3 nitrogen and oxygen atoms in total. The van der Waals surface area contributed by atoms with Gasteiger partial charge in [0.2, 0.25) is 0 Å². The molecule has 0 heterocycles. The van der Waals surface area contributed by atoms with Crippen molar-refractivity contribution in [1.82, 2.24) is 3.71 Å². The lowest BCUT2D eigenvalue weighted by Gasteiger charge is -2.27. The van der Waals surface area contributed by atoms with E-state index in [9.17, 15) is 34.8 Å². The van der Waals surface area contributed by atoms with E-state index in [1.165, 1.54) is 6.92 Å². The highest BCUT2D eigenvalue weighted by atomic mass is 32.3. The van der Waals surface area contributed by atoms with Crippen LogP contribution >= 0.6 is 11.9 Å². The minimum atomic E-state index is -6.01. The summed E-state index contributed by atoms with van der Waals surface area (Å²) in [5.74, 6) is 0. The van der Waals surface area contributed by atoms with Crippen molar-refractivity contribution in [3.8, 4) is 0 Å². The van der Waals surface area contributed by atoms with Crippen molar-refractivity contribution >= 4 is 22.0 Å².